The summed E-state index contributed by atoms with van der Waals surface area (Å²) in [4.78, 5) is 0. The second kappa shape index (κ2) is 7.88. The molecule has 126 valence electrons. The average molecular weight is 441 g/mol. The second-order valence-electron chi connectivity index (χ2n) is 5.05. The first-order valence-corrected chi connectivity index (χ1v) is 10.2. The first-order valence-electron chi connectivity index (χ1n) is 6.98. The van der Waals surface area contributed by atoms with Gasteiger partial charge in [-0.05, 0) is 40.0 Å². The molecule has 0 bridgehead atoms. The second-order valence-corrected chi connectivity index (χ2v) is 8.56. The van der Waals surface area contributed by atoms with Crippen LogP contribution in [-0.4, -0.2) is 24.0 Å². The third kappa shape index (κ3) is 5.38. The largest absolute Gasteiger partial charge is 0.265 e. The molecule has 0 fully saturated rings. The Labute approximate surface area is 154 Å². The van der Waals surface area contributed by atoms with E-state index >= 15 is 0 Å². The molecule has 0 unspecified atom stereocenters. The molecule has 23 heavy (non-hydrogen) atoms. The number of nitrogens with one attached hydrogen (secondary N) is 1. The van der Waals surface area contributed by atoms with Gasteiger partial charge in [0, 0.05) is 6.20 Å². The van der Waals surface area contributed by atoms with Crippen LogP contribution >= 0.6 is 39.1 Å². The van der Waals surface area contributed by atoms with Crippen LogP contribution in [0.2, 0.25) is 10.0 Å². The molecule has 1 heterocycles. The highest BCUT2D eigenvalue weighted by Crippen LogP contribution is 2.25. The molecular formula is C14H16BrCl2N3O2S. The number of hydrogen-bond acceptors (Lipinski definition) is 3. The SMILES string of the molecule is CCCCS(=O)(=O)Nc1nn(Cc2ccc(Cl)c(Cl)c2)cc1Br. The molecule has 0 spiro atoms. The zero-order valence-corrected chi connectivity index (χ0v) is 16.3. The van der Waals surface area contributed by atoms with Gasteiger partial charge < -0.3 is 0 Å². The van der Waals surface area contributed by atoms with Gasteiger partial charge in [-0.1, -0.05) is 42.6 Å². The highest BCUT2D eigenvalue weighted by molar-refractivity contribution is 9.10. The van der Waals surface area contributed by atoms with E-state index in [1.54, 1.807) is 23.0 Å². The number of halogens is 3. The predicted molar refractivity (Wildman–Crippen MR) is 97.8 cm³/mol. The number of benzene rings is 1. The predicted octanol–water partition coefficient (Wildman–Crippen LogP) is 4.54. The molecule has 0 amide bonds. The van der Waals surface area contributed by atoms with Crippen molar-refractivity contribution in [2.45, 2.75) is 26.3 Å². The van der Waals surface area contributed by atoms with Crippen molar-refractivity contribution in [3.63, 3.8) is 0 Å². The van der Waals surface area contributed by atoms with Crippen LogP contribution in [0.15, 0.2) is 28.9 Å². The van der Waals surface area contributed by atoms with Crippen LogP contribution in [0.3, 0.4) is 0 Å². The van der Waals surface area contributed by atoms with E-state index in [1.807, 2.05) is 13.0 Å². The van der Waals surface area contributed by atoms with Crippen molar-refractivity contribution in [1.29, 1.82) is 0 Å². The van der Waals surface area contributed by atoms with Crippen LogP contribution in [0, 0.1) is 0 Å². The van der Waals surface area contributed by atoms with E-state index in [9.17, 15) is 8.42 Å². The summed E-state index contributed by atoms with van der Waals surface area (Å²) in [6, 6.07) is 5.31. The standard InChI is InChI=1S/C14H16BrCl2N3O2S/c1-2-3-6-23(21,22)19-14-11(15)9-20(18-14)8-10-4-5-12(16)13(17)7-10/h4-5,7,9H,2-3,6,8H2,1H3,(H,18,19). The zero-order valence-electron chi connectivity index (χ0n) is 12.4. The van der Waals surface area contributed by atoms with E-state index in [0.29, 0.717) is 27.5 Å². The fraction of sp³-hybridized carbons (Fsp3) is 0.357. The molecule has 1 aromatic heterocycles. The van der Waals surface area contributed by atoms with Gasteiger partial charge >= 0.3 is 0 Å². The lowest BCUT2D eigenvalue weighted by Gasteiger charge is -2.05. The molecule has 0 saturated heterocycles. The first-order chi connectivity index (χ1) is 10.8. The number of nitrogens with zero attached hydrogens (tertiary/aromatic N) is 2. The van der Waals surface area contributed by atoms with Gasteiger partial charge in [0.05, 0.1) is 26.8 Å². The summed E-state index contributed by atoms with van der Waals surface area (Å²) in [5.41, 5.74) is 0.912. The summed E-state index contributed by atoms with van der Waals surface area (Å²) in [5, 5.41) is 5.21. The van der Waals surface area contributed by atoms with Crippen molar-refractivity contribution in [2.75, 3.05) is 10.5 Å². The van der Waals surface area contributed by atoms with Crippen LogP contribution in [-0.2, 0) is 16.6 Å². The molecule has 1 aromatic carbocycles. The minimum atomic E-state index is -3.39. The molecule has 0 aliphatic carbocycles. The average Bonchev–Trinajstić information content (AvgIpc) is 2.80. The molecule has 1 N–H and O–H groups in total. The van der Waals surface area contributed by atoms with Crippen molar-refractivity contribution in [1.82, 2.24) is 9.78 Å². The number of rotatable bonds is 7. The van der Waals surface area contributed by atoms with Crippen LogP contribution in [0.5, 0.6) is 0 Å². The van der Waals surface area contributed by atoms with Crippen LogP contribution < -0.4 is 4.72 Å². The molecule has 0 aliphatic heterocycles. The monoisotopic (exact) mass is 439 g/mol. The molecule has 2 aromatic rings. The third-order valence-electron chi connectivity index (χ3n) is 3.06. The lowest BCUT2D eigenvalue weighted by molar-refractivity contribution is 0.597. The Hall–Kier alpha value is -0.760. The van der Waals surface area contributed by atoms with Gasteiger partial charge in [0.25, 0.3) is 0 Å². The fourth-order valence-electron chi connectivity index (χ4n) is 1.90. The number of unbranched alkanes of at least 4 members (excludes halogenated alkanes) is 1. The molecule has 0 radical (unpaired) electrons. The summed E-state index contributed by atoms with van der Waals surface area (Å²) in [5.74, 6) is 0.358. The van der Waals surface area contributed by atoms with Gasteiger partial charge in [-0.3, -0.25) is 9.40 Å². The Bertz CT molecular complexity index is 793. The van der Waals surface area contributed by atoms with Crippen molar-refractivity contribution >= 4 is 55.0 Å². The van der Waals surface area contributed by atoms with Crippen molar-refractivity contribution in [2.24, 2.45) is 0 Å². The number of hydrogen-bond donors (Lipinski definition) is 1. The topological polar surface area (TPSA) is 64.0 Å². The highest BCUT2D eigenvalue weighted by atomic mass is 79.9. The van der Waals surface area contributed by atoms with Gasteiger partial charge in [0.15, 0.2) is 5.82 Å². The van der Waals surface area contributed by atoms with E-state index in [-0.39, 0.29) is 11.6 Å². The third-order valence-corrected chi connectivity index (χ3v) is 5.71. The molecule has 0 atom stereocenters. The van der Waals surface area contributed by atoms with Crippen LogP contribution in [0.25, 0.3) is 0 Å². The molecule has 2 rings (SSSR count). The van der Waals surface area contributed by atoms with Crippen molar-refractivity contribution in [3.05, 3.63) is 44.5 Å². The molecule has 0 aliphatic rings. The lowest BCUT2D eigenvalue weighted by atomic mass is 10.2. The Kier molecular flexibility index (Phi) is 6.36. The molecular weight excluding hydrogens is 425 g/mol. The minimum Gasteiger partial charge on any atom is -0.265 e. The smallest absolute Gasteiger partial charge is 0.233 e. The van der Waals surface area contributed by atoms with Gasteiger partial charge in [-0.2, -0.15) is 5.10 Å². The maximum Gasteiger partial charge on any atom is 0.233 e. The molecule has 9 heteroatoms. The Morgan fingerprint density at radius 3 is 2.70 bits per heavy atom. The summed E-state index contributed by atoms with van der Waals surface area (Å²) in [6.45, 7) is 2.39. The summed E-state index contributed by atoms with van der Waals surface area (Å²) in [6.07, 6.45) is 3.13. The maximum absolute atomic E-state index is 11.9. The number of aromatic nitrogens is 2. The van der Waals surface area contributed by atoms with Crippen molar-refractivity contribution < 1.29 is 8.42 Å². The fourth-order valence-corrected chi connectivity index (χ4v) is 3.99. The lowest BCUT2D eigenvalue weighted by Crippen LogP contribution is -2.17. The normalized spacial score (nSPS) is 11.7. The van der Waals surface area contributed by atoms with E-state index in [0.717, 1.165) is 12.0 Å². The summed E-state index contributed by atoms with van der Waals surface area (Å²) < 4.78 is 28.6. The Morgan fingerprint density at radius 1 is 1.30 bits per heavy atom. The summed E-state index contributed by atoms with van der Waals surface area (Å²) in [7, 11) is -3.39. The first kappa shape index (κ1) is 18.6. The molecule has 5 nitrogen and oxygen atoms in total. The number of sulfonamides is 1. The Morgan fingerprint density at radius 2 is 2.04 bits per heavy atom. The Balaban J connectivity index is 2.13. The van der Waals surface area contributed by atoms with E-state index in [4.69, 9.17) is 23.2 Å². The maximum atomic E-state index is 11.9. The number of anilines is 1. The van der Waals surface area contributed by atoms with Crippen LogP contribution in [0.4, 0.5) is 5.82 Å². The van der Waals surface area contributed by atoms with Gasteiger partial charge in [-0.15, -0.1) is 0 Å². The van der Waals surface area contributed by atoms with Gasteiger partial charge in [-0.25, -0.2) is 8.42 Å². The van der Waals surface area contributed by atoms with Crippen molar-refractivity contribution in [3.8, 4) is 0 Å². The quantitative estimate of drug-likeness (QED) is 0.687. The van der Waals surface area contributed by atoms with E-state index < -0.39 is 10.0 Å². The zero-order chi connectivity index (χ0) is 17.0. The summed E-state index contributed by atoms with van der Waals surface area (Å²) >= 11 is 15.2. The highest BCUT2D eigenvalue weighted by Gasteiger charge is 2.15. The minimum absolute atomic E-state index is 0.0790. The van der Waals surface area contributed by atoms with E-state index in [1.165, 1.54) is 0 Å². The van der Waals surface area contributed by atoms with Crippen LogP contribution in [0.1, 0.15) is 25.3 Å². The van der Waals surface area contributed by atoms with Gasteiger partial charge in [0.2, 0.25) is 10.0 Å². The van der Waals surface area contributed by atoms with Gasteiger partial charge in [0.1, 0.15) is 0 Å². The van der Waals surface area contributed by atoms with E-state index in [2.05, 4.69) is 25.8 Å². The molecule has 0 saturated carbocycles.